The lowest BCUT2D eigenvalue weighted by atomic mass is 10.2. The Morgan fingerprint density at radius 2 is 1.14 bits per heavy atom. The average molecular weight is 667 g/mol. The second-order valence-electron chi connectivity index (χ2n) is 12.7. The van der Waals surface area contributed by atoms with Crippen LogP contribution in [0.2, 0.25) is 0 Å². The highest BCUT2D eigenvalue weighted by Gasteiger charge is 2.24. The maximum atomic E-state index is 9.49. The molecule has 13 heteroatoms. The minimum absolute atomic E-state index is 0.0401. The molecule has 252 valence electrons. The molecule has 0 unspecified atom stereocenters. The Morgan fingerprint density at radius 3 is 1.52 bits per heavy atom. The molecule has 0 saturated heterocycles. The first kappa shape index (κ1) is 32.6. The number of nitrogens with zero attached hydrogens (tertiary/aromatic N) is 10. The van der Waals surface area contributed by atoms with E-state index in [2.05, 4.69) is 68.7 Å². The van der Waals surface area contributed by atoms with Gasteiger partial charge >= 0.3 is 0 Å². The van der Waals surface area contributed by atoms with E-state index < -0.39 is 0 Å². The summed E-state index contributed by atoms with van der Waals surface area (Å²) in [6.07, 6.45) is 17.1. The van der Waals surface area contributed by atoms with Crippen LogP contribution in [0.15, 0.2) is 61.2 Å². The quantitative estimate of drug-likeness (QED) is 0.150. The number of hydrogen-bond acceptors (Lipinski definition) is 11. The molecule has 0 aliphatic heterocycles. The highest BCUT2D eigenvalue weighted by Crippen LogP contribution is 2.35. The number of aromatic nitrogens is 8. The van der Waals surface area contributed by atoms with Crippen molar-refractivity contribution in [2.24, 2.45) is 0 Å². The van der Waals surface area contributed by atoms with Gasteiger partial charge < -0.3 is 24.9 Å². The Morgan fingerprint density at radius 1 is 0.680 bits per heavy atom. The number of pyridine rings is 2. The van der Waals surface area contributed by atoms with Crippen LogP contribution in [0.25, 0.3) is 22.1 Å². The third kappa shape index (κ3) is 6.81. The predicted octanol–water partition coefficient (Wildman–Crippen LogP) is 7.17. The van der Waals surface area contributed by atoms with Gasteiger partial charge in [-0.2, -0.15) is 20.5 Å². The number of aliphatic hydroxyl groups is 1. The van der Waals surface area contributed by atoms with Gasteiger partial charge in [-0.3, -0.25) is 0 Å². The van der Waals surface area contributed by atoms with E-state index in [1.54, 1.807) is 30.7 Å². The number of anilines is 4. The van der Waals surface area contributed by atoms with Crippen molar-refractivity contribution in [2.45, 2.75) is 83.4 Å². The van der Waals surface area contributed by atoms with Crippen LogP contribution in [0.4, 0.5) is 23.5 Å². The highest BCUT2D eigenvalue weighted by atomic mass is 16.3. The molecule has 2 fully saturated rings. The van der Waals surface area contributed by atoms with E-state index in [1.807, 2.05) is 30.5 Å². The van der Waals surface area contributed by atoms with E-state index >= 15 is 0 Å². The van der Waals surface area contributed by atoms with E-state index in [0.29, 0.717) is 41.2 Å². The Hall–Kier alpha value is -5.92. The summed E-state index contributed by atoms with van der Waals surface area (Å²) >= 11 is 0. The van der Waals surface area contributed by atoms with Crippen LogP contribution in [0.3, 0.4) is 0 Å². The molecule has 0 atom stereocenters. The molecular formula is C37H38N12O. The monoisotopic (exact) mass is 666 g/mol. The van der Waals surface area contributed by atoms with Gasteiger partial charge in [-0.25, -0.2) is 19.9 Å². The van der Waals surface area contributed by atoms with Gasteiger partial charge in [-0.1, -0.05) is 44.7 Å². The maximum absolute atomic E-state index is 9.49. The summed E-state index contributed by atoms with van der Waals surface area (Å²) < 4.78 is 4.14. The molecule has 13 nitrogen and oxygen atoms in total. The van der Waals surface area contributed by atoms with Gasteiger partial charge in [0.25, 0.3) is 0 Å². The molecule has 3 N–H and O–H groups in total. The summed E-state index contributed by atoms with van der Waals surface area (Å²) in [5, 5.41) is 36.1. The van der Waals surface area contributed by atoms with Crippen molar-refractivity contribution in [1.82, 2.24) is 39.0 Å². The van der Waals surface area contributed by atoms with E-state index in [4.69, 9.17) is 5.11 Å². The highest BCUT2D eigenvalue weighted by molar-refractivity contribution is 5.80. The van der Waals surface area contributed by atoms with Crippen LogP contribution < -0.4 is 10.6 Å². The molecule has 0 bridgehead atoms. The lowest BCUT2D eigenvalue weighted by Gasteiger charge is -2.14. The van der Waals surface area contributed by atoms with Crippen molar-refractivity contribution in [3.05, 3.63) is 83.7 Å². The molecule has 2 aliphatic rings. The fourth-order valence-corrected chi connectivity index (χ4v) is 6.90. The lowest BCUT2D eigenvalue weighted by molar-refractivity contribution is 0.281. The zero-order valence-electron chi connectivity index (χ0n) is 27.9. The molecule has 50 heavy (non-hydrogen) atoms. The Labute approximate surface area is 289 Å². The summed E-state index contributed by atoms with van der Waals surface area (Å²) in [7, 11) is 0. The molecule has 6 heterocycles. The van der Waals surface area contributed by atoms with Crippen LogP contribution >= 0.6 is 0 Å². The average Bonchev–Trinajstić information content (AvgIpc) is 3.98. The number of aryl methyl sites for hydroxylation is 1. The van der Waals surface area contributed by atoms with Crippen LogP contribution in [-0.4, -0.2) is 44.1 Å². The first-order valence-corrected chi connectivity index (χ1v) is 17.2. The summed E-state index contributed by atoms with van der Waals surface area (Å²) in [5.41, 5.74) is 4.85. The van der Waals surface area contributed by atoms with Crippen LogP contribution in [0, 0.1) is 22.7 Å². The molecular weight excluding hydrogens is 628 g/mol. The number of hydrogen-bond donors (Lipinski definition) is 3. The zero-order valence-corrected chi connectivity index (χ0v) is 27.9. The van der Waals surface area contributed by atoms with Crippen LogP contribution in [-0.2, 0) is 13.0 Å². The number of rotatable bonds is 8. The second kappa shape index (κ2) is 14.7. The SMILES string of the molecule is CCc1ccc(Nc2ncc3cc(C#N)n(C4CCCC4)c3n2)nc1.N#Cc1cc2cnc(Nc3ccc(CO)cn3)nc2n1C1CCCC1. The van der Waals surface area contributed by atoms with Gasteiger partial charge in [0.1, 0.15) is 46.5 Å². The summed E-state index contributed by atoms with van der Waals surface area (Å²) in [4.78, 5) is 26.6. The predicted molar refractivity (Wildman–Crippen MR) is 190 cm³/mol. The minimum atomic E-state index is -0.0401. The largest absolute Gasteiger partial charge is 0.392 e. The molecule has 8 rings (SSSR count). The van der Waals surface area contributed by atoms with Crippen LogP contribution in [0.1, 0.15) is 92.9 Å². The molecule has 0 aromatic carbocycles. The summed E-state index contributed by atoms with van der Waals surface area (Å²) in [6.45, 7) is 2.06. The number of aliphatic hydroxyl groups excluding tert-OH is 1. The van der Waals surface area contributed by atoms with Crippen molar-refractivity contribution >= 4 is 45.6 Å². The van der Waals surface area contributed by atoms with Gasteiger partial charge in [-0.05, 0) is 67.5 Å². The van der Waals surface area contributed by atoms with Crippen molar-refractivity contribution in [3.63, 3.8) is 0 Å². The summed E-state index contributed by atoms with van der Waals surface area (Å²) in [5.74, 6) is 2.27. The fourth-order valence-electron chi connectivity index (χ4n) is 6.90. The van der Waals surface area contributed by atoms with E-state index in [-0.39, 0.29) is 6.61 Å². The van der Waals surface area contributed by atoms with Crippen LogP contribution in [0.5, 0.6) is 0 Å². The maximum Gasteiger partial charge on any atom is 0.230 e. The number of nitriles is 2. The van der Waals surface area contributed by atoms with E-state index in [1.165, 1.54) is 31.2 Å². The fraction of sp³-hybridized carbons (Fsp3) is 0.351. The van der Waals surface area contributed by atoms with E-state index in [0.717, 1.165) is 65.6 Å². The minimum Gasteiger partial charge on any atom is -0.392 e. The molecule has 0 radical (unpaired) electrons. The second-order valence-corrected chi connectivity index (χ2v) is 12.7. The molecule has 2 aliphatic carbocycles. The first-order valence-electron chi connectivity index (χ1n) is 17.2. The Kier molecular flexibility index (Phi) is 9.58. The molecule has 0 amide bonds. The first-order chi connectivity index (χ1) is 24.6. The van der Waals surface area contributed by atoms with Crippen molar-refractivity contribution in [1.29, 1.82) is 10.5 Å². The molecule has 0 spiro atoms. The molecule has 2 saturated carbocycles. The van der Waals surface area contributed by atoms with Gasteiger partial charge in [0.2, 0.25) is 11.9 Å². The topological polar surface area (TPSA) is 179 Å². The summed E-state index contributed by atoms with van der Waals surface area (Å²) in [6, 6.07) is 16.6. The Bertz CT molecular complexity index is 2020. The third-order valence-corrected chi connectivity index (χ3v) is 9.48. The van der Waals surface area contributed by atoms with E-state index in [9.17, 15) is 10.5 Å². The number of fused-ring (bicyclic) bond motifs is 2. The zero-order chi connectivity index (χ0) is 34.5. The lowest BCUT2D eigenvalue weighted by Crippen LogP contribution is -2.08. The molecule has 6 aromatic heterocycles. The molecule has 6 aromatic rings. The Balaban J connectivity index is 0.000000157. The van der Waals surface area contributed by atoms with Crippen molar-refractivity contribution < 1.29 is 5.11 Å². The van der Waals surface area contributed by atoms with Gasteiger partial charge in [0, 0.05) is 47.6 Å². The van der Waals surface area contributed by atoms with Crippen molar-refractivity contribution in [3.8, 4) is 12.1 Å². The van der Waals surface area contributed by atoms with Gasteiger partial charge in [0.15, 0.2) is 0 Å². The number of nitrogens with one attached hydrogen (secondary N) is 2. The smallest absolute Gasteiger partial charge is 0.230 e. The van der Waals surface area contributed by atoms with Gasteiger partial charge in [-0.15, -0.1) is 0 Å². The van der Waals surface area contributed by atoms with Crippen molar-refractivity contribution in [2.75, 3.05) is 10.6 Å². The van der Waals surface area contributed by atoms with Gasteiger partial charge in [0.05, 0.1) is 6.61 Å². The normalized spacial score (nSPS) is 14.7. The standard InChI is InChI=1S/C19H20N6.C18H18N6O/c1-2-13-7-8-17(21-11-13)23-19-22-12-14-9-16(10-20)25(18(14)24-19)15-5-3-4-6-15;19-8-15-7-13-10-21-18(22-16-6-5-12(11-25)9-20-16)23-17(13)24(15)14-3-1-2-4-14/h7-9,11-12,15H,2-6H2,1H3,(H,21,22,23,24);5-7,9-10,14,25H,1-4,11H2,(H,20,21,22,23). The third-order valence-electron chi connectivity index (χ3n) is 9.48.